The standard InChI is InChI=1S/C28H26ClF3N4O3/c1-18(35(16-5-17-39-2)27(38)33-21-12-8-19(9-13-21)28(30,31)32)25-34-24-7-4-3-6-23(24)26(37)36(25)22-14-10-20(29)11-15-22/h3-4,6-15,18H,5,16-17H2,1-2H3,(H,33,38). The van der Waals surface area contributed by atoms with Crippen molar-refractivity contribution in [2.75, 3.05) is 25.6 Å². The third kappa shape index (κ3) is 6.40. The van der Waals surface area contributed by atoms with Crippen LogP contribution in [0.25, 0.3) is 16.6 Å². The van der Waals surface area contributed by atoms with Crippen molar-refractivity contribution in [3.63, 3.8) is 0 Å². The lowest BCUT2D eigenvalue weighted by atomic mass is 10.1. The molecule has 39 heavy (non-hydrogen) atoms. The normalized spacial score (nSPS) is 12.4. The third-order valence-corrected chi connectivity index (χ3v) is 6.45. The van der Waals surface area contributed by atoms with Crippen LogP contribution >= 0.6 is 11.6 Å². The van der Waals surface area contributed by atoms with Crippen LogP contribution in [0.3, 0.4) is 0 Å². The smallest absolute Gasteiger partial charge is 0.385 e. The molecule has 11 heteroatoms. The first-order chi connectivity index (χ1) is 18.6. The summed E-state index contributed by atoms with van der Waals surface area (Å²) in [6.07, 6.45) is -4.02. The van der Waals surface area contributed by atoms with Gasteiger partial charge in [0.2, 0.25) is 0 Å². The zero-order chi connectivity index (χ0) is 28.2. The van der Waals surface area contributed by atoms with Gasteiger partial charge in [0.1, 0.15) is 5.82 Å². The second-order valence-corrected chi connectivity index (χ2v) is 9.26. The number of rotatable bonds is 8. The Bertz CT molecular complexity index is 1510. The zero-order valence-corrected chi connectivity index (χ0v) is 22.0. The number of carbonyl (C=O) groups excluding carboxylic acids is 1. The van der Waals surface area contributed by atoms with E-state index in [2.05, 4.69) is 5.32 Å². The van der Waals surface area contributed by atoms with Crippen LogP contribution in [0.2, 0.25) is 5.02 Å². The molecule has 0 aliphatic carbocycles. The van der Waals surface area contributed by atoms with E-state index in [-0.39, 0.29) is 17.8 Å². The van der Waals surface area contributed by atoms with Gasteiger partial charge in [-0.15, -0.1) is 0 Å². The molecule has 0 saturated carbocycles. The lowest BCUT2D eigenvalue weighted by molar-refractivity contribution is -0.137. The molecule has 4 rings (SSSR count). The average molecular weight is 559 g/mol. The molecule has 1 aromatic heterocycles. The van der Waals surface area contributed by atoms with Crippen LogP contribution in [0.5, 0.6) is 0 Å². The summed E-state index contributed by atoms with van der Waals surface area (Å²) in [7, 11) is 1.54. The lowest BCUT2D eigenvalue weighted by Gasteiger charge is -2.30. The van der Waals surface area contributed by atoms with Gasteiger partial charge in [-0.3, -0.25) is 9.36 Å². The number of fused-ring (bicyclic) bond motifs is 1. The van der Waals surface area contributed by atoms with Gasteiger partial charge in [0.05, 0.1) is 28.2 Å². The molecule has 1 unspecified atom stereocenters. The van der Waals surface area contributed by atoms with Gasteiger partial charge in [-0.25, -0.2) is 9.78 Å². The number of aromatic nitrogens is 2. The molecule has 1 N–H and O–H groups in total. The fourth-order valence-corrected chi connectivity index (χ4v) is 4.32. The number of benzene rings is 3. The predicted octanol–water partition coefficient (Wildman–Crippen LogP) is 6.69. The lowest BCUT2D eigenvalue weighted by Crippen LogP contribution is -2.40. The highest BCUT2D eigenvalue weighted by molar-refractivity contribution is 6.30. The van der Waals surface area contributed by atoms with E-state index in [0.29, 0.717) is 40.5 Å². The van der Waals surface area contributed by atoms with Crippen LogP contribution in [-0.2, 0) is 10.9 Å². The first-order valence-corrected chi connectivity index (χ1v) is 12.5. The van der Waals surface area contributed by atoms with Crippen LogP contribution in [0.15, 0.2) is 77.6 Å². The van der Waals surface area contributed by atoms with Crippen LogP contribution < -0.4 is 10.9 Å². The highest BCUT2D eigenvalue weighted by Gasteiger charge is 2.30. The number of methoxy groups -OCH3 is 1. The quantitative estimate of drug-likeness (QED) is 0.244. The minimum Gasteiger partial charge on any atom is -0.385 e. The third-order valence-electron chi connectivity index (χ3n) is 6.20. The number of urea groups is 1. The second kappa shape index (κ2) is 11.9. The Morgan fingerprint density at radius 2 is 1.74 bits per heavy atom. The van der Waals surface area contributed by atoms with E-state index in [9.17, 15) is 22.8 Å². The van der Waals surface area contributed by atoms with Crippen LogP contribution in [-0.4, -0.2) is 40.7 Å². The van der Waals surface area contributed by atoms with Crippen molar-refractivity contribution in [2.45, 2.75) is 25.6 Å². The maximum atomic E-state index is 13.7. The Hall–Kier alpha value is -3.89. The molecule has 1 heterocycles. The molecule has 1 atom stereocenters. The Balaban J connectivity index is 1.76. The SMILES string of the molecule is COCCCN(C(=O)Nc1ccc(C(F)(F)F)cc1)C(C)c1nc2ccccc2c(=O)n1-c1ccc(Cl)cc1. The monoisotopic (exact) mass is 558 g/mol. The number of para-hydroxylation sites is 1. The maximum absolute atomic E-state index is 13.7. The molecule has 0 spiro atoms. The van der Waals surface area contributed by atoms with Gasteiger partial charge >= 0.3 is 12.2 Å². The number of nitrogens with zero attached hydrogens (tertiary/aromatic N) is 3. The molecule has 0 radical (unpaired) electrons. The Morgan fingerprint density at radius 1 is 1.08 bits per heavy atom. The van der Waals surface area contributed by atoms with Crippen LogP contribution in [0, 0.1) is 0 Å². The maximum Gasteiger partial charge on any atom is 0.416 e. The Morgan fingerprint density at radius 3 is 2.38 bits per heavy atom. The van der Waals surface area contributed by atoms with Crippen molar-refractivity contribution in [2.24, 2.45) is 0 Å². The van der Waals surface area contributed by atoms with Crippen LogP contribution in [0.4, 0.5) is 23.7 Å². The molecule has 0 aliphatic rings. The van der Waals surface area contributed by atoms with Crippen molar-refractivity contribution < 1.29 is 22.7 Å². The number of hydrogen-bond acceptors (Lipinski definition) is 4. The van der Waals surface area contributed by atoms with E-state index in [1.54, 1.807) is 62.6 Å². The van der Waals surface area contributed by atoms with Gasteiger partial charge in [-0.2, -0.15) is 13.2 Å². The second-order valence-electron chi connectivity index (χ2n) is 8.83. The number of halogens is 4. The molecule has 7 nitrogen and oxygen atoms in total. The molecule has 3 aromatic carbocycles. The number of carbonyl (C=O) groups is 1. The largest absolute Gasteiger partial charge is 0.416 e. The van der Waals surface area contributed by atoms with Crippen LogP contribution in [0.1, 0.15) is 30.8 Å². The predicted molar refractivity (Wildman–Crippen MR) is 144 cm³/mol. The number of anilines is 1. The summed E-state index contributed by atoms with van der Waals surface area (Å²) in [4.78, 5) is 33.4. The number of ether oxygens (including phenoxy) is 1. The van der Waals surface area contributed by atoms with Gasteiger partial charge in [0, 0.05) is 31.0 Å². The fraction of sp³-hybridized carbons (Fsp3) is 0.250. The Labute approximate surface area is 227 Å². The van der Waals surface area contributed by atoms with Crippen molar-refractivity contribution in [3.05, 3.63) is 99.6 Å². The van der Waals surface area contributed by atoms with Gasteiger partial charge in [0.15, 0.2) is 0 Å². The van der Waals surface area contributed by atoms with Gasteiger partial charge in [-0.05, 0) is 74.0 Å². The van der Waals surface area contributed by atoms with E-state index in [0.717, 1.165) is 12.1 Å². The molecular formula is C28H26ClF3N4O3. The summed E-state index contributed by atoms with van der Waals surface area (Å²) in [5, 5.41) is 3.56. The van der Waals surface area contributed by atoms with E-state index in [1.165, 1.54) is 21.6 Å². The summed E-state index contributed by atoms with van der Waals surface area (Å²) >= 11 is 6.07. The summed E-state index contributed by atoms with van der Waals surface area (Å²) in [5.74, 6) is 0.306. The average Bonchev–Trinajstić information content (AvgIpc) is 2.91. The van der Waals surface area contributed by atoms with Gasteiger partial charge in [-0.1, -0.05) is 23.7 Å². The highest BCUT2D eigenvalue weighted by atomic mass is 35.5. The number of amides is 2. The molecule has 0 fully saturated rings. The molecule has 0 aliphatic heterocycles. The zero-order valence-electron chi connectivity index (χ0n) is 21.2. The van der Waals surface area contributed by atoms with Crippen molar-refractivity contribution >= 4 is 34.2 Å². The van der Waals surface area contributed by atoms with E-state index >= 15 is 0 Å². The highest BCUT2D eigenvalue weighted by Crippen LogP contribution is 2.30. The number of alkyl halides is 3. The minimum atomic E-state index is -4.49. The summed E-state index contributed by atoms with van der Waals surface area (Å²) in [6, 6.07) is 16.5. The molecular weight excluding hydrogens is 533 g/mol. The first kappa shape index (κ1) is 28.1. The van der Waals surface area contributed by atoms with Gasteiger partial charge < -0.3 is 15.0 Å². The van der Waals surface area contributed by atoms with E-state index in [4.69, 9.17) is 21.3 Å². The Kier molecular flexibility index (Phi) is 8.57. The van der Waals surface area contributed by atoms with Crippen molar-refractivity contribution in [3.8, 4) is 5.69 Å². The topological polar surface area (TPSA) is 76.5 Å². The van der Waals surface area contributed by atoms with E-state index < -0.39 is 23.8 Å². The van der Waals surface area contributed by atoms with E-state index in [1.807, 2.05) is 0 Å². The molecule has 4 aromatic rings. The summed E-state index contributed by atoms with van der Waals surface area (Å²) < 4.78 is 45.5. The number of nitrogens with one attached hydrogen (secondary N) is 1. The van der Waals surface area contributed by atoms with Crippen molar-refractivity contribution in [1.82, 2.24) is 14.5 Å². The number of hydrogen-bond donors (Lipinski definition) is 1. The molecule has 204 valence electrons. The van der Waals surface area contributed by atoms with Gasteiger partial charge in [0.25, 0.3) is 5.56 Å². The fourth-order valence-electron chi connectivity index (χ4n) is 4.20. The summed E-state index contributed by atoms with van der Waals surface area (Å²) in [5.41, 5.74) is 0.0421. The first-order valence-electron chi connectivity index (χ1n) is 12.1. The molecule has 2 amide bonds. The minimum absolute atomic E-state index is 0.193. The summed E-state index contributed by atoms with van der Waals surface area (Å²) in [6.45, 7) is 2.33. The van der Waals surface area contributed by atoms with Crippen molar-refractivity contribution in [1.29, 1.82) is 0 Å². The molecule has 0 saturated heterocycles. The molecule has 0 bridgehead atoms.